The van der Waals surface area contributed by atoms with Crippen molar-refractivity contribution >= 4 is 22.6 Å². The number of rotatable bonds is 11. The number of aliphatic carboxylic acids is 1. The van der Waals surface area contributed by atoms with E-state index in [1.165, 1.54) is 80.8 Å². The van der Waals surface area contributed by atoms with Crippen molar-refractivity contribution in [1.82, 2.24) is 0 Å². The number of pyridine rings is 1. The van der Waals surface area contributed by atoms with Crippen molar-refractivity contribution in [3.05, 3.63) is 36.0 Å². The Morgan fingerprint density at radius 3 is 2.04 bits per heavy atom. The quantitative estimate of drug-likeness (QED) is 0.450. The maximum absolute atomic E-state index is 8.89. The number of nitrogen functional groups attached to an aromatic ring is 1. The summed E-state index contributed by atoms with van der Waals surface area (Å²) < 4.78 is 2.43. The first-order chi connectivity index (χ1) is 13.5. The molecular formula is C24H38N2O2. The van der Waals surface area contributed by atoms with Crippen molar-refractivity contribution in [3.63, 3.8) is 0 Å². The summed E-state index contributed by atoms with van der Waals surface area (Å²) in [5.41, 5.74) is 9.59. The number of anilines is 1. The zero-order chi connectivity index (χ0) is 20.8. The molecule has 1 aromatic carbocycles. The lowest BCUT2D eigenvalue weighted by molar-refractivity contribution is -0.677. The number of nitrogens with zero attached hydrogens (tertiary/aromatic N) is 1. The van der Waals surface area contributed by atoms with Crippen LogP contribution in [0.4, 0.5) is 5.69 Å². The Bertz CT molecular complexity index is 709. The number of unbranched alkanes of at least 4 members (excludes halogenated alkanes) is 9. The summed E-state index contributed by atoms with van der Waals surface area (Å²) in [6.07, 6.45) is 13.8. The molecule has 28 heavy (non-hydrogen) atoms. The first-order valence-corrected chi connectivity index (χ1v) is 10.8. The van der Waals surface area contributed by atoms with Gasteiger partial charge in [-0.25, -0.2) is 0 Å². The van der Waals surface area contributed by atoms with Crippen molar-refractivity contribution in [2.75, 3.05) is 5.73 Å². The fraction of sp³-hybridized carbons (Fsp3) is 0.583. The number of fused-ring (bicyclic) bond motifs is 1. The Kier molecular flexibility index (Phi) is 11.9. The maximum atomic E-state index is 8.89. The molecule has 4 nitrogen and oxygen atoms in total. The second kappa shape index (κ2) is 14.0. The molecule has 0 fully saturated rings. The average Bonchev–Trinajstić information content (AvgIpc) is 2.65. The van der Waals surface area contributed by atoms with Crippen molar-refractivity contribution in [2.24, 2.45) is 0 Å². The van der Waals surface area contributed by atoms with E-state index >= 15 is 0 Å². The molecule has 0 atom stereocenters. The molecule has 0 radical (unpaired) electrons. The fourth-order valence-corrected chi connectivity index (χ4v) is 3.58. The van der Waals surface area contributed by atoms with Gasteiger partial charge in [-0.3, -0.25) is 0 Å². The zero-order valence-electron chi connectivity index (χ0n) is 18.0. The van der Waals surface area contributed by atoms with Gasteiger partial charge in [0.2, 0.25) is 5.52 Å². The van der Waals surface area contributed by atoms with E-state index in [4.69, 9.17) is 15.6 Å². The van der Waals surface area contributed by atoms with Crippen LogP contribution in [0.3, 0.4) is 0 Å². The number of carbonyl (C=O) groups excluding carboxylic acids is 1. The van der Waals surface area contributed by atoms with E-state index in [9.17, 15) is 0 Å². The summed E-state index contributed by atoms with van der Waals surface area (Å²) in [7, 11) is 0. The minimum Gasteiger partial charge on any atom is -0.550 e. The SMILES string of the molecule is CC(=O)[O-].CCCCCCCCCCCC[n+]1c(C)cc(N)c2ccccc21. The van der Waals surface area contributed by atoms with Crippen LogP contribution in [0.15, 0.2) is 30.3 Å². The molecule has 0 saturated heterocycles. The van der Waals surface area contributed by atoms with Gasteiger partial charge in [-0.15, -0.1) is 0 Å². The van der Waals surface area contributed by atoms with Crippen LogP contribution in [-0.4, -0.2) is 5.97 Å². The second-order valence-corrected chi connectivity index (χ2v) is 7.58. The third-order valence-electron chi connectivity index (χ3n) is 5.03. The molecule has 4 heteroatoms. The zero-order valence-corrected chi connectivity index (χ0v) is 18.0. The van der Waals surface area contributed by atoms with Crippen LogP contribution in [0.25, 0.3) is 10.9 Å². The number of carbonyl (C=O) groups is 1. The molecule has 156 valence electrons. The topological polar surface area (TPSA) is 70.0 Å². The molecule has 2 aromatic rings. The van der Waals surface area contributed by atoms with Crippen LogP contribution in [0, 0.1) is 6.92 Å². The van der Waals surface area contributed by atoms with Crippen molar-refractivity contribution in [3.8, 4) is 0 Å². The number of hydrogen-bond acceptors (Lipinski definition) is 3. The van der Waals surface area contributed by atoms with Gasteiger partial charge >= 0.3 is 0 Å². The van der Waals surface area contributed by atoms with Crippen LogP contribution >= 0.6 is 0 Å². The van der Waals surface area contributed by atoms with Gasteiger partial charge in [0.15, 0.2) is 5.69 Å². The summed E-state index contributed by atoms with van der Waals surface area (Å²) in [6, 6.07) is 10.6. The molecule has 2 N–H and O–H groups in total. The van der Waals surface area contributed by atoms with Crippen molar-refractivity contribution < 1.29 is 14.5 Å². The Labute approximate surface area is 170 Å². The highest BCUT2D eigenvalue weighted by molar-refractivity contribution is 5.87. The van der Waals surface area contributed by atoms with Gasteiger partial charge in [0, 0.05) is 31.4 Å². The molecule has 0 unspecified atom stereocenters. The molecule has 0 aliphatic carbocycles. The number of nitrogens with two attached hydrogens (primary N) is 1. The number of aryl methyl sites for hydroxylation is 2. The lowest BCUT2D eigenvalue weighted by atomic mass is 10.1. The van der Waals surface area contributed by atoms with Crippen LogP contribution in [-0.2, 0) is 11.3 Å². The molecular weight excluding hydrogens is 348 g/mol. The van der Waals surface area contributed by atoms with Gasteiger partial charge in [0.1, 0.15) is 6.54 Å². The Balaban J connectivity index is 0.000000892. The average molecular weight is 387 g/mol. The van der Waals surface area contributed by atoms with Crippen LogP contribution in [0.1, 0.15) is 83.7 Å². The number of carboxylic acid groups (broad SMARTS) is 1. The molecule has 1 aromatic heterocycles. The lowest BCUT2D eigenvalue weighted by Gasteiger charge is -2.07. The lowest BCUT2D eigenvalue weighted by Crippen LogP contribution is -2.38. The normalized spacial score (nSPS) is 10.5. The summed E-state index contributed by atoms with van der Waals surface area (Å²) in [6.45, 7) is 6.52. The Morgan fingerprint density at radius 2 is 1.46 bits per heavy atom. The second-order valence-electron chi connectivity index (χ2n) is 7.58. The summed E-state index contributed by atoms with van der Waals surface area (Å²) >= 11 is 0. The number of hydrogen-bond donors (Lipinski definition) is 1. The van der Waals surface area contributed by atoms with E-state index < -0.39 is 5.97 Å². The van der Waals surface area contributed by atoms with Gasteiger partial charge in [-0.2, -0.15) is 4.57 Å². The molecule has 0 aliphatic heterocycles. The number of benzene rings is 1. The molecule has 1 heterocycles. The van der Waals surface area contributed by atoms with Crippen LogP contribution in [0.5, 0.6) is 0 Å². The molecule has 0 saturated carbocycles. The van der Waals surface area contributed by atoms with Crippen molar-refractivity contribution in [1.29, 1.82) is 0 Å². The first-order valence-electron chi connectivity index (χ1n) is 10.8. The van der Waals surface area contributed by atoms with E-state index in [1.54, 1.807) is 0 Å². The summed E-state index contributed by atoms with van der Waals surface area (Å²) in [5, 5.41) is 10.1. The Morgan fingerprint density at radius 1 is 0.964 bits per heavy atom. The number of aromatic nitrogens is 1. The molecule has 0 bridgehead atoms. The standard InChI is InChI=1S/C22H34N2.C2H4O2/c1-3-4-5-6-7-8-9-10-11-14-17-24-19(2)18-21(23)20-15-12-13-16-22(20)24;1-2(3)4/h12-13,15-16,18,23H,3-11,14,17H2,1-2H3;1H3,(H,3,4). The third-order valence-corrected chi connectivity index (χ3v) is 5.03. The van der Waals surface area contributed by atoms with E-state index in [0.717, 1.165) is 19.2 Å². The highest BCUT2D eigenvalue weighted by atomic mass is 16.4. The summed E-state index contributed by atoms with van der Waals surface area (Å²) in [5.74, 6) is -1.08. The van der Waals surface area contributed by atoms with Gasteiger partial charge in [0.25, 0.3) is 0 Å². The van der Waals surface area contributed by atoms with E-state index in [1.807, 2.05) is 0 Å². The van der Waals surface area contributed by atoms with E-state index in [0.29, 0.717) is 0 Å². The first kappa shape index (κ1) is 23.9. The fourth-order valence-electron chi connectivity index (χ4n) is 3.58. The van der Waals surface area contributed by atoms with Crippen LogP contribution in [0.2, 0.25) is 0 Å². The monoisotopic (exact) mass is 386 g/mol. The highest BCUT2D eigenvalue weighted by Crippen LogP contribution is 2.19. The van der Waals surface area contributed by atoms with Gasteiger partial charge < -0.3 is 15.6 Å². The molecule has 2 rings (SSSR count). The van der Waals surface area contributed by atoms with Gasteiger partial charge in [-0.1, -0.05) is 70.4 Å². The minimum atomic E-state index is -1.08. The molecule has 0 spiro atoms. The smallest absolute Gasteiger partial charge is 0.214 e. The molecule has 0 amide bonds. The maximum Gasteiger partial charge on any atom is 0.214 e. The van der Waals surface area contributed by atoms with Crippen molar-refractivity contribution in [2.45, 2.75) is 91.5 Å². The van der Waals surface area contributed by atoms with E-state index in [2.05, 4.69) is 48.7 Å². The third kappa shape index (κ3) is 9.20. The molecule has 0 aliphatic rings. The van der Waals surface area contributed by atoms with Crippen LogP contribution < -0.4 is 15.4 Å². The summed E-state index contributed by atoms with van der Waals surface area (Å²) in [4.78, 5) is 8.89. The van der Waals surface area contributed by atoms with E-state index in [-0.39, 0.29) is 0 Å². The predicted molar refractivity (Wildman–Crippen MR) is 116 cm³/mol. The van der Waals surface area contributed by atoms with Gasteiger partial charge in [0.05, 0.1) is 11.1 Å². The highest BCUT2D eigenvalue weighted by Gasteiger charge is 2.14. The number of carboxylic acids is 1. The Hall–Kier alpha value is -2.10. The predicted octanol–water partition coefficient (Wildman–Crippen LogP) is 4.70. The largest absolute Gasteiger partial charge is 0.550 e. The minimum absolute atomic E-state index is 0.891. The van der Waals surface area contributed by atoms with Gasteiger partial charge in [-0.05, 0) is 19.4 Å². The number of para-hydroxylation sites is 1.